The number of oxime groups is 1. The van der Waals surface area contributed by atoms with Crippen molar-refractivity contribution in [2.45, 2.75) is 6.23 Å². The van der Waals surface area contributed by atoms with Crippen molar-refractivity contribution in [3.63, 3.8) is 0 Å². The summed E-state index contributed by atoms with van der Waals surface area (Å²) in [4.78, 5) is 23.2. The Morgan fingerprint density at radius 1 is 1.23 bits per heavy atom. The summed E-state index contributed by atoms with van der Waals surface area (Å²) in [7, 11) is 0. The van der Waals surface area contributed by atoms with Gasteiger partial charge in [-0.05, 0) is 24.3 Å². The highest BCUT2D eigenvalue weighted by molar-refractivity contribution is 6.01. The van der Waals surface area contributed by atoms with E-state index in [1.54, 1.807) is 24.4 Å². The molecule has 8 nitrogen and oxygen atoms in total. The Hall–Kier alpha value is -3.13. The molecular formula is C18H18N4O4. The average Bonchev–Trinajstić information content (AvgIpc) is 3.19. The van der Waals surface area contributed by atoms with E-state index in [-0.39, 0.29) is 5.56 Å². The van der Waals surface area contributed by atoms with Crippen molar-refractivity contribution < 1.29 is 19.5 Å². The number of carboxylic acids is 1. The fourth-order valence-electron chi connectivity index (χ4n) is 2.89. The monoisotopic (exact) mass is 354 g/mol. The topological polar surface area (TPSA) is 96.3 Å². The van der Waals surface area contributed by atoms with Crippen LogP contribution in [0, 0.1) is 0 Å². The zero-order chi connectivity index (χ0) is 17.9. The van der Waals surface area contributed by atoms with Crippen LogP contribution in [0.25, 0.3) is 0 Å². The lowest BCUT2D eigenvalue weighted by atomic mass is 10.1. The van der Waals surface area contributed by atoms with E-state index in [9.17, 15) is 4.79 Å². The lowest BCUT2D eigenvalue weighted by molar-refractivity contribution is 0.0696. The molecule has 2 aliphatic heterocycles. The molecule has 1 unspecified atom stereocenters. The van der Waals surface area contributed by atoms with E-state index in [0.29, 0.717) is 24.6 Å². The first kappa shape index (κ1) is 16.3. The molecule has 26 heavy (non-hydrogen) atoms. The summed E-state index contributed by atoms with van der Waals surface area (Å²) < 4.78 is 5.35. The summed E-state index contributed by atoms with van der Waals surface area (Å²) in [5.74, 6) is 0.423. The Morgan fingerprint density at radius 2 is 2.08 bits per heavy atom. The number of carbonyl (C=O) groups is 1. The van der Waals surface area contributed by atoms with Gasteiger partial charge in [0.2, 0.25) is 6.23 Å². The number of carboxylic acid groups (broad SMARTS) is 1. The molecule has 3 heterocycles. The number of pyridine rings is 1. The maximum Gasteiger partial charge on any atom is 0.335 e. The first-order valence-electron chi connectivity index (χ1n) is 8.33. The molecule has 0 bridgehead atoms. The molecular weight excluding hydrogens is 336 g/mol. The van der Waals surface area contributed by atoms with Gasteiger partial charge in [0.25, 0.3) is 0 Å². The van der Waals surface area contributed by atoms with Crippen LogP contribution in [0.2, 0.25) is 0 Å². The van der Waals surface area contributed by atoms with E-state index in [2.05, 4.69) is 20.4 Å². The van der Waals surface area contributed by atoms with E-state index in [1.165, 1.54) is 6.07 Å². The first-order chi connectivity index (χ1) is 12.7. The summed E-state index contributed by atoms with van der Waals surface area (Å²) in [5, 5.41) is 16.3. The Morgan fingerprint density at radius 3 is 2.81 bits per heavy atom. The van der Waals surface area contributed by atoms with Gasteiger partial charge in [0, 0.05) is 30.4 Å². The van der Waals surface area contributed by atoms with E-state index in [0.717, 1.165) is 24.5 Å². The van der Waals surface area contributed by atoms with Crippen molar-refractivity contribution >= 4 is 17.6 Å². The highest BCUT2D eigenvalue weighted by Crippen LogP contribution is 2.22. The number of hydrogen-bond acceptors (Lipinski definition) is 7. The molecule has 8 heteroatoms. The zero-order valence-electron chi connectivity index (χ0n) is 14.0. The Labute approximate surface area is 150 Å². The minimum Gasteiger partial charge on any atom is -0.478 e. The summed E-state index contributed by atoms with van der Waals surface area (Å²) in [6.45, 7) is 3.09. The fourth-order valence-corrected chi connectivity index (χ4v) is 2.89. The summed E-state index contributed by atoms with van der Waals surface area (Å²) in [6.07, 6.45) is 1.30. The van der Waals surface area contributed by atoms with Crippen molar-refractivity contribution in [2.75, 3.05) is 31.2 Å². The minimum atomic E-state index is -0.981. The van der Waals surface area contributed by atoms with Gasteiger partial charge in [0.1, 0.15) is 5.82 Å². The summed E-state index contributed by atoms with van der Waals surface area (Å²) in [5.41, 5.74) is 1.70. The van der Waals surface area contributed by atoms with Gasteiger partial charge in [0.05, 0.1) is 18.8 Å². The van der Waals surface area contributed by atoms with Crippen molar-refractivity contribution in [3.8, 4) is 0 Å². The van der Waals surface area contributed by atoms with Gasteiger partial charge in [0.15, 0.2) is 5.84 Å². The van der Waals surface area contributed by atoms with Crippen LogP contribution in [0.4, 0.5) is 5.82 Å². The number of hydrogen-bond donors (Lipinski definition) is 2. The highest BCUT2D eigenvalue weighted by atomic mass is 16.7. The van der Waals surface area contributed by atoms with Crippen LogP contribution >= 0.6 is 0 Å². The van der Waals surface area contributed by atoms with Gasteiger partial charge >= 0.3 is 5.97 Å². The van der Waals surface area contributed by atoms with Crippen LogP contribution in [-0.4, -0.2) is 48.2 Å². The molecule has 0 amide bonds. The molecule has 2 N–H and O–H groups in total. The maximum absolute atomic E-state index is 11.1. The molecule has 1 atom stereocenters. The Kier molecular flexibility index (Phi) is 4.40. The Bertz CT molecular complexity index is 831. The highest BCUT2D eigenvalue weighted by Gasteiger charge is 2.23. The number of aromatic carboxylic acids is 1. The van der Waals surface area contributed by atoms with Crippen LogP contribution in [0.5, 0.6) is 0 Å². The molecule has 134 valence electrons. The molecule has 4 rings (SSSR count). The standard InChI is InChI=1S/C18H18N4O4/c23-18(24)13-3-1-2-12(10-13)16-20-17(26-21-16)14-4-5-15(19-11-14)22-6-8-25-9-7-22/h1-5,10-11,17H,6-9H2,(H,20,21)(H,23,24). The van der Waals surface area contributed by atoms with Crippen molar-refractivity contribution in [1.82, 2.24) is 10.3 Å². The molecule has 2 aliphatic rings. The van der Waals surface area contributed by atoms with Crippen LogP contribution in [-0.2, 0) is 9.57 Å². The fraction of sp³-hybridized carbons (Fsp3) is 0.278. The van der Waals surface area contributed by atoms with Gasteiger partial charge in [-0.1, -0.05) is 17.3 Å². The van der Waals surface area contributed by atoms with E-state index >= 15 is 0 Å². The quantitative estimate of drug-likeness (QED) is 0.861. The number of aromatic nitrogens is 1. The van der Waals surface area contributed by atoms with E-state index in [4.69, 9.17) is 14.7 Å². The predicted octanol–water partition coefficient (Wildman–Crippen LogP) is 1.60. The van der Waals surface area contributed by atoms with Crippen molar-refractivity contribution in [2.24, 2.45) is 5.16 Å². The third-order valence-electron chi connectivity index (χ3n) is 4.31. The van der Waals surface area contributed by atoms with Crippen LogP contribution in [0.3, 0.4) is 0 Å². The number of benzene rings is 1. The van der Waals surface area contributed by atoms with Crippen molar-refractivity contribution in [3.05, 3.63) is 59.3 Å². The van der Waals surface area contributed by atoms with Gasteiger partial charge in [-0.3, -0.25) is 0 Å². The zero-order valence-corrected chi connectivity index (χ0v) is 14.0. The largest absolute Gasteiger partial charge is 0.478 e. The second-order valence-electron chi connectivity index (χ2n) is 6.00. The normalized spacial score (nSPS) is 19.5. The molecule has 0 spiro atoms. The smallest absolute Gasteiger partial charge is 0.335 e. The molecule has 1 aromatic heterocycles. The van der Waals surface area contributed by atoms with Crippen LogP contribution in [0.15, 0.2) is 47.8 Å². The predicted molar refractivity (Wildman–Crippen MR) is 94.2 cm³/mol. The number of nitrogens with one attached hydrogen (secondary N) is 1. The van der Waals surface area contributed by atoms with Crippen molar-refractivity contribution in [1.29, 1.82) is 0 Å². The van der Waals surface area contributed by atoms with Gasteiger partial charge in [-0.2, -0.15) is 0 Å². The SMILES string of the molecule is O=C(O)c1cccc(C2=NOC(c3ccc(N4CCOCC4)nc3)N2)c1. The third kappa shape index (κ3) is 3.31. The van der Waals surface area contributed by atoms with Crippen LogP contribution in [0.1, 0.15) is 27.7 Å². The van der Waals surface area contributed by atoms with Gasteiger partial charge < -0.3 is 24.9 Å². The summed E-state index contributed by atoms with van der Waals surface area (Å²) in [6, 6.07) is 10.4. The van der Waals surface area contributed by atoms with E-state index < -0.39 is 12.2 Å². The number of amidine groups is 1. The van der Waals surface area contributed by atoms with Gasteiger partial charge in [-0.25, -0.2) is 9.78 Å². The third-order valence-corrected chi connectivity index (χ3v) is 4.31. The van der Waals surface area contributed by atoms with Gasteiger partial charge in [-0.15, -0.1) is 0 Å². The second-order valence-corrected chi connectivity index (χ2v) is 6.00. The molecule has 1 fully saturated rings. The Balaban J connectivity index is 1.44. The molecule has 1 aromatic carbocycles. The number of morpholine rings is 1. The maximum atomic E-state index is 11.1. The summed E-state index contributed by atoms with van der Waals surface area (Å²) >= 11 is 0. The lowest BCUT2D eigenvalue weighted by Crippen LogP contribution is -2.36. The molecule has 0 radical (unpaired) electrons. The number of nitrogens with zero attached hydrogens (tertiary/aromatic N) is 3. The first-order valence-corrected chi connectivity index (χ1v) is 8.33. The molecule has 0 aliphatic carbocycles. The van der Waals surface area contributed by atoms with E-state index in [1.807, 2.05) is 12.1 Å². The average molecular weight is 354 g/mol. The number of anilines is 1. The molecule has 2 aromatic rings. The molecule has 1 saturated heterocycles. The minimum absolute atomic E-state index is 0.201. The number of rotatable bonds is 4. The second kappa shape index (κ2) is 7.01. The number of ether oxygens (including phenoxy) is 1. The molecule has 0 saturated carbocycles. The lowest BCUT2D eigenvalue weighted by Gasteiger charge is -2.27. The van der Waals surface area contributed by atoms with Crippen LogP contribution < -0.4 is 10.2 Å².